The van der Waals surface area contributed by atoms with E-state index in [0.29, 0.717) is 6.04 Å². The van der Waals surface area contributed by atoms with Gasteiger partial charge in [0.1, 0.15) is 5.01 Å². The van der Waals surface area contributed by atoms with Crippen LogP contribution < -0.4 is 5.32 Å². The number of fused-ring (bicyclic) bond motifs is 1. The second-order valence-corrected chi connectivity index (χ2v) is 4.97. The molecule has 1 aliphatic carbocycles. The molecule has 1 aliphatic heterocycles. The number of nitrogens with one attached hydrogen (secondary N) is 1. The smallest absolute Gasteiger partial charge is 0.112 e. The fraction of sp³-hybridized carbons (Fsp3) is 0.700. The number of aryl methyl sites for hydroxylation is 2. The van der Waals surface area contributed by atoms with Crippen LogP contribution in [0, 0.1) is 0 Å². The van der Waals surface area contributed by atoms with Gasteiger partial charge >= 0.3 is 0 Å². The Morgan fingerprint density at radius 1 is 1.43 bits per heavy atom. The van der Waals surface area contributed by atoms with Crippen LogP contribution in [0.3, 0.4) is 0 Å². The van der Waals surface area contributed by atoms with E-state index < -0.39 is 0 Å². The van der Waals surface area contributed by atoms with Gasteiger partial charge in [-0.1, -0.05) is 0 Å². The van der Waals surface area contributed by atoms with Gasteiger partial charge in [-0.05, 0) is 19.3 Å². The first-order valence-corrected chi connectivity index (χ1v) is 6.05. The van der Waals surface area contributed by atoms with Crippen LogP contribution in [0.1, 0.15) is 28.0 Å². The highest BCUT2D eigenvalue weighted by Crippen LogP contribution is 2.31. The molecule has 1 saturated heterocycles. The molecule has 2 aliphatic rings. The van der Waals surface area contributed by atoms with E-state index in [2.05, 4.69) is 5.32 Å². The van der Waals surface area contributed by atoms with E-state index >= 15 is 0 Å². The summed E-state index contributed by atoms with van der Waals surface area (Å²) in [6.07, 6.45) is 3.71. The molecule has 76 valence electrons. The molecule has 0 amide bonds. The van der Waals surface area contributed by atoms with Crippen molar-refractivity contribution in [1.82, 2.24) is 10.3 Å². The maximum atomic E-state index is 5.44. The third kappa shape index (κ3) is 1.47. The highest BCUT2D eigenvalue weighted by atomic mass is 32.1. The molecule has 4 heteroatoms. The molecule has 1 fully saturated rings. The van der Waals surface area contributed by atoms with Gasteiger partial charge < -0.3 is 10.1 Å². The Morgan fingerprint density at radius 2 is 2.43 bits per heavy atom. The van der Waals surface area contributed by atoms with E-state index in [1.807, 2.05) is 11.3 Å². The zero-order valence-corrected chi connectivity index (χ0v) is 8.90. The lowest BCUT2D eigenvalue weighted by Gasteiger charge is -2.21. The summed E-state index contributed by atoms with van der Waals surface area (Å²) in [4.78, 5) is 6.20. The topological polar surface area (TPSA) is 34.1 Å². The van der Waals surface area contributed by atoms with Gasteiger partial charge in [0.15, 0.2) is 0 Å². The maximum Gasteiger partial charge on any atom is 0.112 e. The molecule has 1 aromatic heterocycles. The lowest BCUT2D eigenvalue weighted by Crippen LogP contribution is -2.34. The monoisotopic (exact) mass is 210 g/mol. The first-order chi connectivity index (χ1) is 6.93. The second kappa shape index (κ2) is 3.61. The third-order valence-electron chi connectivity index (χ3n) is 2.83. The normalized spacial score (nSPS) is 26.4. The average Bonchev–Trinajstić information content (AvgIpc) is 2.78. The van der Waals surface area contributed by atoms with Gasteiger partial charge in [0, 0.05) is 11.4 Å². The summed E-state index contributed by atoms with van der Waals surface area (Å²) in [5, 5.41) is 4.68. The van der Waals surface area contributed by atoms with Crippen LogP contribution in [-0.4, -0.2) is 24.7 Å². The summed E-state index contributed by atoms with van der Waals surface area (Å²) in [5.41, 5.74) is 1.34. The van der Waals surface area contributed by atoms with Crippen molar-refractivity contribution in [2.45, 2.75) is 25.3 Å². The molecule has 0 radical (unpaired) electrons. The van der Waals surface area contributed by atoms with E-state index in [9.17, 15) is 0 Å². The Morgan fingerprint density at radius 3 is 3.21 bits per heavy atom. The Hall–Kier alpha value is -0.450. The predicted octanol–water partition coefficient (Wildman–Crippen LogP) is 1.29. The van der Waals surface area contributed by atoms with Crippen molar-refractivity contribution in [3.05, 3.63) is 15.6 Å². The zero-order valence-electron chi connectivity index (χ0n) is 8.08. The van der Waals surface area contributed by atoms with Gasteiger partial charge in [-0.2, -0.15) is 0 Å². The summed E-state index contributed by atoms with van der Waals surface area (Å²) >= 11 is 1.87. The quantitative estimate of drug-likeness (QED) is 0.758. The summed E-state index contributed by atoms with van der Waals surface area (Å²) in [7, 11) is 0. The van der Waals surface area contributed by atoms with E-state index in [1.165, 1.54) is 34.8 Å². The summed E-state index contributed by atoms with van der Waals surface area (Å²) in [6.45, 7) is 2.57. The molecular formula is C10H14N2OS. The van der Waals surface area contributed by atoms with Crippen molar-refractivity contribution in [3.63, 3.8) is 0 Å². The molecule has 0 aromatic carbocycles. The number of thiazole rings is 1. The lowest BCUT2D eigenvalue weighted by molar-refractivity contribution is 0.0767. The molecule has 1 unspecified atom stereocenters. The van der Waals surface area contributed by atoms with Crippen LogP contribution >= 0.6 is 11.3 Å². The summed E-state index contributed by atoms with van der Waals surface area (Å²) in [5.74, 6) is 0. The molecule has 1 aromatic rings. The van der Waals surface area contributed by atoms with Crippen LogP contribution in [-0.2, 0) is 17.6 Å². The SMILES string of the molecule is C1Cc2nc(C3COCCN3)sc2C1. The van der Waals surface area contributed by atoms with Crippen LogP contribution in [0.25, 0.3) is 0 Å². The maximum absolute atomic E-state index is 5.44. The van der Waals surface area contributed by atoms with Gasteiger partial charge in [-0.25, -0.2) is 4.98 Å². The fourth-order valence-electron chi connectivity index (χ4n) is 2.08. The number of nitrogens with zero attached hydrogens (tertiary/aromatic N) is 1. The van der Waals surface area contributed by atoms with Gasteiger partial charge in [-0.15, -0.1) is 11.3 Å². The molecular weight excluding hydrogens is 196 g/mol. The number of rotatable bonds is 1. The largest absolute Gasteiger partial charge is 0.378 e. The van der Waals surface area contributed by atoms with Crippen LogP contribution in [0.4, 0.5) is 0 Å². The second-order valence-electron chi connectivity index (χ2n) is 3.86. The molecule has 0 bridgehead atoms. The molecule has 2 heterocycles. The predicted molar refractivity (Wildman–Crippen MR) is 55.7 cm³/mol. The van der Waals surface area contributed by atoms with E-state index in [0.717, 1.165) is 19.8 Å². The third-order valence-corrected chi connectivity index (χ3v) is 4.10. The Bertz CT molecular complexity index is 309. The van der Waals surface area contributed by atoms with E-state index in [-0.39, 0.29) is 0 Å². The number of hydrogen-bond donors (Lipinski definition) is 1. The van der Waals surface area contributed by atoms with Gasteiger partial charge in [0.05, 0.1) is 24.9 Å². The van der Waals surface area contributed by atoms with Gasteiger partial charge in [0.25, 0.3) is 0 Å². The van der Waals surface area contributed by atoms with Crippen molar-refractivity contribution in [2.24, 2.45) is 0 Å². The van der Waals surface area contributed by atoms with E-state index in [1.54, 1.807) is 0 Å². The standard InChI is InChI=1S/C10H14N2OS/c1-2-7-9(3-1)14-10(12-7)8-6-13-5-4-11-8/h8,11H,1-6H2. The van der Waals surface area contributed by atoms with Gasteiger partial charge in [0.2, 0.25) is 0 Å². The molecule has 3 rings (SSSR count). The minimum atomic E-state index is 0.347. The van der Waals surface area contributed by atoms with Crippen LogP contribution in [0.15, 0.2) is 0 Å². The number of aromatic nitrogens is 1. The number of morpholine rings is 1. The van der Waals surface area contributed by atoms with E-state index in [4.69, 9.17) is 9.72 Å². The summed E-state index contributed by atoms with van der Waals surface area (Å²) in [6, 6.07) is 0.347. The molecule has 3 nitrogen and oxygen atoms in total. The molecule has 1 N–H and O–H groups in total. The van der Waals surface area contributed by atoms with Crippen molar-refractivity contribution >= 4 is 11.3 Å². The van der Waals surface area contributed by atoms with Crippen molar-refractivity contribution in [2.75, 3.05) is 19.8 Å². The molecule has 0 saturated carbocycles. The Labute approximate surface area is 87.5 Å². The first-order valence-electron chi connectivity index (χ1n) is 5.23. The number of hydrogen-bond acceptors (Lipinski definition) is 4. The highest BCUT2D eigenvalue weighted by Gasteiger charge is 2.23. The minimum Gasteiger partial charge on any atom is -0.378 e. The van der Waals surface area contributed by atoms with Gasteiger partial charge in [-0.3, -0.25) is 0 Å². The molecule has 14 heavy (non-hydrogen) atoms. The molecule has 1 atom stereocenters. The fourth-order valence-corrected chi connectivity index (χ4v) is 3.30. The highest BCUT2D eigenvalue weighted by molar-refractivity contribution is 7.11. The van der Waals surface area contributed by atoms with Crippen LogP contribution in [0.5, 0.6) is 0 Å². The Balaban J connectivity index is 1.82. The molecule has 0 spiro atoms. The van der Waals surface area contributed by atoms with Crippen molar-refractivity contribution in [3.8, 4) is 0 Å². The lowest BCUT2D eigenvalue weighted by atomic mass is 10.3. The average molecular weight is 210 g/mol. The Kier molecular flexibility index (Phi) is 2.27. The summed E-state index contributed by atoms with van der Waals surface area (Å²) < 4.78 is 5.44. The first kappa shape index (κ1) is 8.83. The zero-order chi connectivity index (χ0) is 9.38. The van der Waals surface area contributed by atoms with Crippen LogP contribution in [0.2, 0.25) is 0 Å². The van der Waals surface area contributed by atoms with Crippen molar-refractivity contribution < 1.29 is 4.74 Å². The minimum absolute atomic E-state index is 0.347. The van der Waals surface area contributed by atoms with Crippen molar-refractivity contribution in [1.29, 1.82) is 0 Å². The number of ether oxygens (including phenoxy) is 1.